The topological polar surface area (TPSA) is 41.9 Å². The molecular weight excluding hydrogens is 248 g/mol. The van der Waals surface area contributed by atoms with E-state index in [1.165, 1.54) is 29.7 Å². The number of nitrogens with zero attached hydrogens (tertiary/aromatic N) is 2. The standard InChI is InChI=1S/C16H22N4/c1-20-11-10-18-15(20)7-9-17-12-14-5-2-4-13-6-3-8-19-16(13)14/h2,4-5,10-11,17,19H,3,6-9,12H2,1H3. The molecule has 0 saturated carbocycles. The molecule has 0 fully saturated rings. The van der Waals surface area contributed by atoms with Crippen LogP contribution in [-0.2, 0) is 26.4 Å². The lowest BCUT2D eigenvalue weighted by atomic mass is 9.99. The van der Waals surface area contributed by atoms with Crippen molar-refractivity contribution in [3.63, 3.8) is 0 Å². The van der Waals surface area contributed by atoms with Gasteiger partial charge in [-0.3, -0.25) is 0 Å². The van der Waals surface area contributed by atoms with Crippen molar-refractivity contribution in [3.05, 3.63) is 47.5 Å². The number of anilines is 1. The summed E-state index contributed by atoms with van der Waals surface area (Å²) in [5.41, 5.74) is 4.19. The molecule has 1 aliphatic rings. The van der Waals surface area contributed by atoms with E-state index in [-0.39, 0.29) is 0 Å². The van der Waals surface area contributed by atoms with Crippen LogP contribution in [0.25, 0.3) is 0 Å². The minimum absolute atomic E-state index is 0.917. The fourth-order valence-corrected chi connectivity index (χ4v) is 2.79. The molecule has 2 aromatic rings. The number of hydrogen-bond donors (Lipinski definition) is 2. The van der Waals surface area contributed by atoms with Crippen LogP contribution in [0.3, 0.4) is 0 Å². The van der Waals surface area contributed by atoms with Crippen LogP contribution in [-0.4, -0.2) is 22.6 Å². The van der Waals surface area contributed by atoms with E-state index in [9.17, 15) is 0 Å². The van der Waals surface area contributed by atoms with E-state index >= 15 is 0 Å². The van der Waals surface area contributed by atoms with Crippen molar-refractivity contribution in [1.82, 2.24) is 14.9 Å². The molecule has 1 aromatic carbocycles. The zero-order valence-electron chi connectivity index (χ0n) is 12.0. The van der Waals surface area contributed by atoms with Crippen molar-refractivity contribution in [3.8, 4) is 0 Å². The molecule has 106 valence electrons. The Morgan fingerprint density at radius 1 is 1.40 bits per heavy atom. The van der Waals surface area contributed by atoms with Gasteiger partial charge in [0.2, 0.25) is 0 Å². The maximum Gasteiger partial charge on any atom is 0.109 e. The molecule has 4 heteroatoms. The summed E-state index contributed by atoms with van der Waals surface area (Å²) in [5, 5.41) is 7.06. The SMILES string of the molecule is Cn1ccnc1CCNCc1cccc2c1NCCC2. The molecule has 0 unspecified atom stereocenters. The van der Waals surface area contributed by atoms with Crippen molar-refractivity contribution in [2.24, 2.45) is 7.05 Å². The van der Waals surface area contributed by atoms with Crippen LogP contribution >= 0.6 is 0 Å². The molecular formula is C16H22N4. The first-order valence-electron chi connectivity index (χ1n) is 7.36. The number of aryl methyl sites for hydroxylation is 2. The average molecular weight is 270 g/mol. The first-order valence-corrected chi connectivity index (χ1v) is 7.36. The first kappa shape index (κ1) is 13.2. The van der Waals surface area contributed by atoms with E-state index in [2.05, 4.69) is 38.4 Å². The summed E-state index contributed by atoms with van der Waals surface area (Å²) in [6.07, 6.45) is 7.25. The number of imidazole rings is 1. The van der Waals surface area contributed by atoms with Crippen LogP contribution in [0.1, 0.15) is 23.4 Å². The Morgan fingerprint density at radius 2 is 2.35 bits per heavy atom. The molecule has 0 radical (unpaired) electrons. The smallest absolute Gasteiger partial charge is 0.109 e. The van der Waals surface area contributed by atoms with Gasteiger partial charge in [0, 0.05) is 51.2 Å². The highest BCUT2D eigenvalue weighted by molar-refractivity contribution is 5.59. The van der Waals surface area contributed by atoms with E-state index < -0.39 is 0 Å². The lowest BCUT2D eigenvalue weighted by molar-refractivity contribution is 0.654. The molecule has 4 nitrogen and oxygen atoms in total. The van der Waals surface area contributed by atoms with Crippen LogP contribution in [0.4, 0.5) is 5.69 Å². The number of para-hydroxylation sites is 1. The van der Waals surface area contributed by atoms with Gasteiger partial charge in [0.15, 0.2) is 0 Å². The quantitative estimate of drug-likeness (QED) is 0.818. The predicted octanol–water partition coefficient (Wildman–Crippen LogP) is 2.11. The molecule has 1 aliphatic heterocycles. The highest BCUT2D eigenvalue weighted by atomic mass is 15.0. The number of nitrogens with one attached hydrogen (secondary N) is 2. The fourth-order valence-electron chi connectivity index (χ4n) is 2.79. The van der Waals surface area contributed by atoms with Crippen LogP contribution in [0.2, 0.25) is 0 Å². The van der Waals surface area contributed by atoms with Crippen LogP contribution < -0.4 is 10.6 Å². The van der Waals surface area contributed by atoms with E-state index in [0.717, 1.165) is 31.9 Å². The summed E-state index contributed by atoms with van der Waals surface area (Å²) in [4.78, 5) is 4.34. The third-order valence-electron chi connectivity index (χ3n) is 3.92. The molecule has 0 spiro atoms. The summed E-state index contributed by atoms with van der Waals surface area (Å²) in [5.74, 6) is 1.13. The maximum absolute atomic E-state index is 4.34. The second-order valence-electron chi connectivity index (χ2n) is 5.36. The Bertz CT molecular complexity index is 574. The summed E-state index contributed by atoms with van der Waals surface area (Å²) in [7, 11) is 2.04. The first-order chi connectivity index (χ1) is 9.84. The van der Waals surface area contributed by atoms with Gasteiger partial charge in [0.05, 0.1) is 0 Å². The van der Waals surface area contributed by atoms with E-state index in [1.807, 2.05) is 19.4 Å². The Labute approximate surface area is 120 Å². The Balaban J connectivity index is 1.55. The summed E-state index contributed by atoms with van der Waals surface area (Å²) >= 11 is 0. The number of rotatable bonds is 5. The molecule has 2 N–H and O–H groups in total. The molecule has 2 heterocycles. The second kappa shape index (κ2) is 6.09. The average Bonchev–Trinajstić information content (AvgIpc) is 2.89. The summed E-state index contributed by atoms with van der Waals surface area (Å²) in [6.45, 7) is 2.96. The second-order valence-corrected chi connectivity index (χ2v) is 5.36. The number of benzene rings is 1. The minimum Gasteiger partial charge on any atom is -0.385 e. The van der Waals surface area contributed by atoms with Crippen molar-refractivity contribution < 1.29 is 0 Å². The normalized spacial score (nSPS) is 13.8. The monoisotopic (exact) mass is 270 g/mol. The summed E-state index contributed by atoms with van der Waals surface area (Å²) in [6, 6.07) is 6.62. The van der Waals surface area contributed by atoms with Gasteiger partial charge in [-0.15, -0.1) is 0 Å². The Morgan fingerprint density at radius 3 is 3.20 bits per heavy atom. The molecule has 0 bridgehead atoms. The van der Waals surface area contributed by atoms with Crippen LogP contribution in [0, 0.1) is 0 Å². The van der Waals surface area contributed by atoms with Crippen molar-refractivity contribution in [2.45, 2.75) is 25.8 Å². The zero-order valence-corrected chi connectivity index (χ0v) is 12.0. The fraction of sp³-hybridized carbons (Fsp3) is 0.438. The molecule has 0 atom stereocenters. The third kappa shape index (κ3) is 2.85. The van der Waals surface area contributed by atoms with Gasteiger partial charge in [-0.25, -0.2) is 4.98 Å². The van der Waals surface area contributed by atoms with Gasteiger partial charge in [0.25, 0.3) is 0 Å². The van der Waals surface area contributed by atoms with E-state index in [4.69, 9.17) is 0 Å². The largest absolute Gasteiger partial charge is 0.385 e. The van der Waals surface area contributed by atoms with Gasteiger partial charge in [-0.05, 0) is 24.0 Å². The molecule has 0 aliphatic carbocycles. The van der Waals surface area contributed by atoms with E-state index in [0.29, 0.717) is 0 Å². The number of aromatic nitrogens is 2. The van der Waals surface area contributed by atoms with Crippen LogP contribution in [0.15, 0.2) is 30.6 Å². The molecule has 20 heavy (non-hydrogen) atoms. The van der Waals surface area contributed by atoms with Gasteiger partial charge < -0.3 is 15.2 Å². The van der Waals surface area contributed by atoms with Crippen molar-refractivity contribution in [2.75, 3.05) is 18.4 Å². The lowest BCUT2D eigenvalue weighted by Crippen LogP contribution is -2.21. The summed E-state index contributed by atoms with van der Waals surface area (Å²) < 4.78 is 2.08. The Kier molecular flexibility index (Phi) is 4.02. The van der Waals surface area contributed by atoms with Gasteiger partial charge in [0.1, 0.15) is 5.82 Å². The van der Waals surface area contributed by atoms with Gasteiger partial charge in [-0.1, -0.05) is 18.2 Å². The third-order valence-corrected chi connectivity index (χ3v) is 3.92. The Hall–Kier alpha value is -1.81. The zero-order chi connectivity index (χ0) is 13.8. The molecule has 0 saturated heterocycles. The van der Waals surface area contributed by atoms with Crippen molar-refractivity contribution in [1.29, 1.82) is 0 Å². The molecule has 0 amide bonds. The number of hydrogen-bond acceptors (Lipinski definition) is 3. The van der Waals surface area contributed by atoms with E-state index in [1.54, 1.807) is 0 Å². The molecule has 1 aromatic heterocycles. The van der Waals surface area contributed by atoms with Crippen LogP contribution in [0.5, 0.6) is 0 Å². The van der Waals surface area contributed by atoms with Gasteiger partial charge >= 0.3 is 0 Å². The minimum atomic E-state index is 0.917. The highest BCUT2D eigenvalue weighted by Crippen LogP contribution is 2.25. The molecule has 3 rings (SSSR count). The van der Waals surface area contributed by atoms with Crippen molar-refractivity contribution >= 4 is 5.69 Å². The number of fused-ring (bicyclic) bond motifs is 1. The maximum atomic E-state index is 4.34. The highest BCUT2D eigenvalue weighted by Gasteiger charge is 2.11. The predicted molar refractivity (Wildman–Crippen MR) is 81.9 cm³/mol. The lowest BCUT2D eigenvalue weighted by Gasteiger charge is -2.21. The van der Waals surface area contributed by atoms with Gasteiger partial charge in [-0.2, -0.15) is 0 Å².